The summed E-state index contributed by atoms with van der Waals surface area (Å²) in [6.07, 6.45) is 0.798. The molecule has 1 saturated heterocycles. The molecule has 0 radical (unpaired) electrons. The number of ether oxygens (including phenoxy) is 1. The number of fused-ring (bicyclic) bond motifs is 12. The van der Waals surface area contributed by atoms with Crippen LogP contribution in [0, 0.1) is 0 Å². The van der Waals surface area contributed by atoms with Crippen LogP contribution in [0.15, 0.2) is 24.3 Å². The van der Waals surface area contributed by atoms with Gasteiger partial charge in [0, 0.05) is 13.0 Å². The Labute approximate surface area is 198 Å². The van der Waals surface area contributed by atoms with Gasteiger partial charge in [0.05, 0.1) is 31.2 Å². The lowest BCUT2D eigenvalue weighted by Gasteiger charge is -2.31. The molecule has 1 aromatic carbocycles. The van der Waals surface area contributed by atoms with Gasteiger partial charge >= 0.3 is 0 Å². The summed E-state index contributed by atoms with van der Waals surface area (Å²) in [5, 5.41) is 16.4. The molecule has 7 N–H and O–H groups in total. The van der Waals surface area contributed by atoms with Gasteiger partial charge in [0.2, 0.25) is 23.6 Å². The molecule has 34 heavy (non-hydrogen) atoms. The van der Waals surface area contributed by atoms with E-state index >= 15 is 0 Å². The molecule has 0 aromatic heterocycles. The van der Waals surface area contributed by atoms with E-state index in [1.165, 1.54) is 0 Å². The van der Waals surface area contributed by atoms with E-state index in [4.69, 9.17) is 16.2 Å². The van der Waals surface area contributed by atoms with Crippen molar-refractivity contribution >= 4 is 23.6 Å². The second-order valence-corrected chi connectivity index (χ2v) is 8.83. The number of nitrogens with zero attached hydrogens (tertiary/aromatic N) is 1. The Hall–Kier alpha value is -3.18. The van der Waals surface area contributed by atoms with E-state index in [0.29, 0.717) is 31.7 Å². The predicted molar refractivity (Wildman–Crippen MR) is 122 cm³/mol. The van der Waals surface area contributed by atoms with E-state index in [9.17, 15) is 24.3 Å². The molecule has 4 amide bonds. The molecule has 0 spiro atoms. The van der Waals surface area contributed by atoms with E-state index in [-0.39, 0.29) is 25.8 Å². The number of benzene rings is 1. The van der Waals surface area contributed by atoms with Crippen molar-refractivity contribution in [3.63, 3.8) is 0 Å². The highest BCUT2D eigenvalue weighted by molar-refractivity contribution is 5.91. The molecule has 3 aliphatic rings. The zero-order valence-corrected chi connectivity index (χ0v) is 19.1. The first-order valence-corrected chi connectivity index (χ1v) is 11.5. The van der Waals surface area contributed by atoms with Crippen LogP contribution in [-0.4, -0.2) is 77.6 Å². The monoisotopic (exact) mass is 475 g/mol. The highest BCUT2D eigenvalue weighted by Gasteiger charge is 2.34. The number of carbonyl (C=O) groups is 4. The van der Waals surface area contributed by atoms with E-state index in [1.807, 2.05) is 17.0 Å². The highest BCUT2D eigenvalue weighted by Crippen LogP contribution is 2.20. The van der Waals surface area contributed by atoms with Crippen LogP contribution in [0.1, 0.15) is 37.7 Å². The number of primary amides is 2. The standard InChI is InChI=1S/C23H33N5O6/c24-20(30)12-17-23(33)27-16(19(29)13-28-9-1-3-18(28)22(25)32)11-14-5-7-15(8-6-14)34-10-2-4-21(31)26-17/h5-8,16-19,29H,1-4,9-13H2,(H2,24,30)(H2,25,32)(H,26,31)(H,27,33)/t16-,17-,18-,19-/m0/s1. The minimum Gasteiger partial charge on any atom is -0.494 e. The van der Waals surface area contributed by atoms with Crippen molar-refractivity contribution in [2.45, 2.75) is 62.8 Å². The van der Waals surface area contributed by atoms with Crippen molar-refractivity contribution in [3.8, 4) is 5.75 Å². The lowest BCUT2D eigenvalue weighted by atomic mass is 9.99. The van der Waals surface area contributed by atoms with Crippen LogP contribution in [-0.2, 0) is 25.6 Å². The summed E-state index contributed by atoms with van der Waals surface area (Å²) in [6, 6.07) is 4.87. The molecule has 11 heteroatoms. The molecule has 3 heterocycles. The van der Waals surface area contributed by atoms with Gasteiger partial charge in [0.15, 0.2) is 0 Å². The number of carbonyl (C=O) groups excluding carboxylic acids is 4. The topological polar surface area (TPSA) is 177 Å². The maximum atomic E-state index is 13.1. The summed E-state index contributed by atoms with van der Waals surface area (Å²) in [5.74, 6) is -1.57. The molecule has 0 aliphatic carbocycles. The Morgan fingerprint density at radius 1 is 1.15 bits per heavy atom. The van der Waals surface area contributed by atoms with E-state index < -0.39 is 47.9 Å². The number of hydrogen-bond acceptors (Lipinski definition) is 7. The molecule has 1 fully saturated rings. The number of amides is 4. The Bertz CT molecular complexity index is 892. The Balaban J connectivity index is 1.83. The summed E-state index contributed by atoms with van der Waals surface area (Å²) in [6.45, 7) is 1.06. The SMILES string of the molecule is NC(=O)C[C@@H]1NC(=O)CCCOc2ccc(cc2)C[C@@H]([C@@H](O)CN2CCC[C@H]2C(N)=O)NC1=O. The van der Waals surface area contributed by atoms with Gasteiger partial charge in [-0.1, -0.05) is 12.1 Å². The molecule has 4 rings (SSSR count). The maximum absolute atomic E-state index is 13.1. The molecule has 0 unspecified atom stereocenters. The average molecular weight is 476 g/mol. The number of β-amino-alcohol motifs (C(OH)–C–C–N with tert-alkyl or cyclic N) is 1. The Morgan fingerprint density at radius 2 is 1.88 bits per heavy atom. The van der Waals surface area contributed by atoms with Crippen LogP contribution < -0.4 is 26.8 Å². The summed E-state index contributed by atoms with van der Waals surface area (Å²) >= 11 is 0. The van der Waals surface area contributed by atoms with Crippen molar-refractivity contribution in [2.24, 2.45) is 11.5 Å². The fourth-order valence-corrected chi connectivity index (χ4v) is 4.38. The van der Waals surface area contributed by atoms with Gasteiger partial charge in [-0.3, -0.25) is 24.1 Å². The second kappa shape index (κ2) is 11.8. The van der Waals surface area contributed by atoms with Crippen LogP contribution in [0.3, 0.4) is 0 Å². The fraction of sp³-hybridized carbons (Fsp3) is 0.565. The average Bonchev–Trinajstić information content (AvgIpc) is 3.24. The molecule has 3 aliphatic heterocycles. The van der Waals surface area contributed by atoms with E-state index in [0.717, 1.165) is 12.0 Å². The zero-order chi connectivity index (χ0) is 24.7. The first kappa shape index (κ1) is 25.4. The molecule has 11 nitrogen and oxygen atoms in total. The van der Waals surface area contributed by atoms with Gasteiger partial charge in [0.25, 0.3) is 0 Å². The van der Waals surface area contributed by atoms with E-state index in [2.05, 4.69) is 10.6 Å². The molecular weight excluding hydrogens is 442 g/mol. The summed E-state index contributed by atoms with van der Waals surface area (Å²) in [4.78, 5) is 50.5. The predicted octanol–water partition coefficient (Wildman–Crippen LogP) is -1.44. The molecule has 186 valence electrons. The molecular formula is C23H33N5O6. The third-order valence-electron chi connectivity index (χ3n) is 6.16. The van der Waals surface area contributed by atoms with Crippen LogP contribution in [0.4, 0.5) is 0 Å². The Kier molecular flexibility index (Phi) is 8.83. The molecule has 1 aromatic rings. The smallest absolute Gasteiger partial charge is 0.243 e. The Morgan fingerprint density at radius 3 is 2.56 bits per heavy atom. The lowest BCUT2D eigenvalue weighted by molar-refractivity contribution is -0.132. The number of hydrogen-bond donors (Lipinski definition) is 5. The van der Waals surface area contributed by atoms with Crippen LogP contribution in [0.5, 0.6) is 5.75 Å². The van der Waals surface area contributed by atoms with Gasteiger partial charge in [-0.05, 0) is 49.9 Å². The third kappa shape index (κ3) is 7.16. The van der Waals surface area contributed by atoms with Crippen molar-refractivity contribution in [3.05, 3.63) is 29.8 Å². The summed E-state index contributed by atoms with van der Waals surface area (Å²) < 4.78 is 5.66. The first-order valence-electron chi connectivity index (χ1n) is 11.5. The molecule has 0 saturated carbocycles. The van der Waals surface area contributed by atoms with Gasteiger partial charge in [-0.25, -0.2) is 0 Å². The first-order chi connectivity index (χ1) is 16.2. The lowest BCUT2D eigenvalue weighted by Crippen LogP contribution is -2.56. The van der Waals surface area contributed by atoms with Crippen molar-refractivity contribution < 1.29 is 29.0 Å². The van der Waals surface area contributed by atoms with Gasteiger partial charge in [0.1, 0.15) is 11.8 Å². The number of nitrogens with one attached hydrogen (secondary N) is 2. The third-order valence-corrected chi connectivity index (χ3v) is 6.16. The molecule has 2 bridgehead atoms. The van der Waals surface area contributed by atoms with Crippen LogP contribution in [0.25, 0.3) is 0 Å². The molecule has 4 atom stereocenters. The second-order valence-electron chi connectivity index (χ2n) is 8.83. The number of aliphatic hydroxyl groups excluding tert-OH is 1. The number of rotatable bonds is 6. The zero-order valence-electron chi connectivity index (χ0n) is 19.1. The van der Waals surface area contributed by atoms with Crippen molar-refractivity contribution in [1.82, 2.24) is 15.5 Å². The number of aliphatic hydroxyl groups is 1. The minimum absolute atomic E-state index is 0.107. The number of likely N-dealkylation sites (tertiary alicyclic amines) is 1. The summed E-state index contributed by atoms with van der Waals surface area (Å²) in [5.41, 5.74) is 11.6. The van der Waals surface area contributed by atoms with E-state index in [1.54, 1.807) is 12.1 Å². The summed E-state index contributed by atoms with van der Waals surface area (Å²) in [7, 11) is 0. The van der Waals surface area contributed by atoms with Crippen molar-refractivity contribution in [1.29, 1.82) is 0 Å². The minimum atomic E-state index is -1.17. The largest absolute Gasteiger partial charge is 0.494 e. The van der Waals surface area contributed by atoms with Gasteiger partial charge < -0.3 is 31.9 Å². The quantitative estimate of drug-likeness (QED) is 0.334. The maximum Gasteiger partial charge on any atom is 0.243 e. The highest BCUT2D eigenvalue weighted by atomic mass is 16.5. The number of nitrogens with two attached hydrogens (primary N) is 2. The fourth-order valence-electron chi connectivity index (χ4n) is 4.38. The van der Waals surface area contributed by atoms with Crippen molar-refractivity contribution in [2.75, 3.05) is 19.7 Å². The van der Waals surface area contributed by atoms with Gasteiger partial charge in [-0.2, -0.15) is 0 Å². The normalized spacial score (nSPS) is 25.4. The van der Waals surface area contributed by atoms with Gasteiger partial charge in [-0.15, -0.1) is 0 Å². The van der Waals surface area contributed by atoms with Crippen LogP contribution >= 0.6 is 0 Å². The van der Waals surface area contributed by atoms with Crippen LogP contribution in [0.2, 0.25) is 0 Å².